The number of alkyl halides is 4. The van der Waals surface area contributed by atoms with Crippen LogP contribution in [-0.4, -0.2) is 18.4 Å². The van der Waals surface area contributed by atoms with E-state index in [0.29, 0.717) is 19.4 Å². The normalized spacial score (nSPS) is 32.2. The number of halogens is 4. The maximum Gasteiger partial charge on any atom is 0.422 e. The standard InChI is InChI=1S/C10H17F4N/c11-9(10(12,13)14)5-4-8(7-9)3-1-2-6-15/h8H,1-7,15H2. The molecular formula is C10H17F4N. The van der Waals surface area contributed by atoms with E-state index in [1.54, 1.807) is 0 Å². The highest BCUT2D eigenvalue weighted by Gasteiger charge is 2.58. The van der Waals surface area contributed by atoms with Gasteiger partial charge in [-0.05, 0) is 38.1 Å². The Labute approximate surface area is 87.0 Å². The maximum atomic E-state index is 13.4. The highest BCUT2D eigenvalue weighted by atomic mass is 19.4. The molecule has 2 unspecified atom stereocenters. The van der Waals surface area contributed by atoms with Gasteiger partial charge in [0.25, 0.3) is 0 Å². The largest absolute Gasteiger partial charge is 0.422 e. The molecule has 0 aromatic rings. The molecule has 1 aliphatic rings. The first kappa shape index (κ1) is 12.7. The Bertz CT molecular complexity index is 204. The van der Waals surface area contributed by atoms with Gasteiger partial charge in [-0.1, -0.05) is 12.8 Å². The van der Waals surface area contributed by atoms with Crippen molar-refractivity contribution in [2.75, 3.05) is 6.54 Å². The van der Waals surface area contributed by atoms with Crippen molar-refractivity contribution in [1.29, 1.82) is 0 Å². The van der Waals surface area contributed by atoms with Crippen LogP contribution in [0.15, 0.2) is 0 Å². The summed E-state index contributed by atoms with van der Waals surface area (Å²) in [6, 6.07) is 0. The van der Waals surface area contributed by atoms with Crippen molar-refractivity contribution in [3.8, 4) is 0 Å². The van der Waals surface area contributed by atoms with Gasteiger partial charge in [-0.3, -0.25) is 0 Å². The molecule has 2 atom stereocenters. The van der Waals surface area contributed by atoms with Crippen LogP contribution in [0.2, 0.25) is 0 Å². The molecule has 1 nitrogen and oxygen atoms in total. The molecule has 0 amide bonds. The molecule has 90 valence electrons. The first-order chi connectivity index (χ1) is 6.89. The van der Waals surface area contributed by atoms with Crippen LogP contribution in [0, 0.1) is 5.92 Å². The summed E-state index contributed by atoms with van der Waals surface area (Å²) in [5, 5.41) is 0. The summed E-state index contributed by atoms with van der Waals surface area (Å²) in [6.07, 6.45) is -2.81. The smallest absolute Gasteiger partial charge is 0.330 e. The van der Waals surface area contributed by atoms with Crippen LogP contribution in [0.4, 0.5) is 17.6 Å². The average Bonchev–Trinajstić information content (AvgIpc) is 2.48. The van der Waals surface area contributed by atoms with Gasteiger partial charge in [0.05, 0.1) is 0 Å². The Hall–Kier alpha value is -0.320. The van der Waals surface area contributed by atoms with Crippen molar-refractivity contribution in [1.82, 2.24) is 0 Å². The zero-order valence-electron chi connectivity index (χ0n) is 8.62. The van der Waals surface area contributed by atoms with E-state index in [1.807, 2.05) is 0 Å². The monoisotopic (exact) mass is 227 g/mol. The zero-order valence-corrected chi connectivity index (χ0v) is 8.62. The van der Waals surface area contributed by atoms with E-state index in [2.05, 4.69) is 0 Å². The molecule has 1 fully saturated rings. The number of rotatable bonds is 4. The molecule has 1 rings (SSSR count). The number of nitrogens with two attached hydrogens (primary N) is 1. The van der Waals surface area contributed by atoms with Crippen molar-refractivity contribution < 1.29 is 17.6 Å². The quantitative estimate of drug-likeness (QED) is 0.579. The van der Waals surface area contributed by atoms with E-state index in [9.17, 15) is 17.6 Å². The van der Waals surface area contributed by atoms with Gasteiger partial charge < -0.3 is 5.73 Å². The molecule has 0 aromatic heterocycles. The Balaban J connectivity index is 2.38. The van der Waals surface area contributed by atoms with Gasteiger partial charge in [-0.15, -0.1) is 0 Å². The number of unbranched alkanes of at least 4 members (excludes halogenated alkanes) is 1. The fourth-order valence-corrected chi connectivity index (χ4v) is 2.18. The highest BCUT2D eigenvalue weighted by molar-refractivity contribution is 4.95. The highest BCUT2D eigenvalue weighted by Crippen LogP contribution is 2.49. The lowest BCUT2D eigenvalue weighted by molar-refractivity contribution is -0.228. The molecule has 0 radical (unpaired) electrons. The summed E-state index contributed by atoms with van der Waals surface area (Å²) < 4.78 is 50.4. The molecule has 0 saturated heterocycles. The molecule has 0 heterocycles. The summed E-state index contributed by atoms with van der Waals surface area (Å²) in [5.74, 6) is -0.122. The van der Waals surface area contributed by atoms with Crippen molar-refractivity contribution in [3.05, 3.63) is 0 Å². The molecule has 0 aromatic carbocycles. The predicted molar refractivity (Wildman–Crippen MR) is 50.1 cm³/mol. The van der Waals surface area contributed by atoms with Crippen LogP contribution in [-0.2, 0) is 0 Å². The van der Waals surface area contributed by atoms with Crippen LogP contribution in [0.1, 0.15) is 38.5 Å². The first-order valence-electron chi connectivity index (χ1n) is 5.35. The second-order valence-electron chi connectivity index (χ2n) is 4.36. The third-order valence-corrected chi connectivity index (χ3v) is 3.14. The van der Waals surface area contributed by atoms with Crippen LogP contribution < -0.4 is 5.73 Å². The molecule has 0 spiro atoms. The minimum absolute atomic E-state index is 0.122. The summed E-state index contributed by atoms with van der Waals surface area (Å²) in [4.78, 5) is 0. The van der Waals surface area contributed by atoms with E-state index >= 15 is 0 Å². The van der Waals surface area contributed by atoms with Gasteiger partial charge in [0, 0.05) is 0 Å². The van der Waals surface area contributed by atoms with Gasteiger partial charge in [0.1, 0.15) is 0 Å². The lowest BCUT2D eigenvalue weighted by atomic mass is 9.97. The molecule has 5 heteroatoms. The molecule has 0 bridgehead atoms. The van der Waals surface area contributed by atoms with Gasteiger partial charge in [-0.2, -0.15) is 13.2 Å². The van der Waals surface area contributed by atoms with Gasteiger partial charge in [0.2, 0.25) is 5.67 Å². The predicted octanol–water partition coefficient (Wildman–Crippen LogP) is 3.19. The average molecular weight is 227 g/mol. The Morgan fingerprint density at radius 2 is 1.93 bits per heavy atom. The van der Waals surface area contributed by atoms with Gasteiger partial charge in [0.15, 0.2) is 0 Å². The maximum absolute atomic E-state index is 13.4. The van der Waals surface area contributed by atoms with E-state index in [4.69, 9.17) is 5.73 Å². The number of hydrogen-bond donors (Lipinski definition) is 1. The van der Waals surface area contributed by atoms with E-state index in [0.717, 1.165) is 12.8 Å². The van der Waals surface area contributed by atoms with Crippen molar-refractivity contribution in [3.63, 3.8) is 0 Å². The minimum atomic E-state index is -4.70. The van der Waals surface area contributed by atoms with Crippen molar-refractivity contribution >= 4 is 0 Å². The Kier molecular flexibility index (Phi) is 3.98. The van der Waals surface area contributed by atoms with E-state index < -0.39 is 11.8 Å². The fourth-order valence-electron chi connectivity index (χ4n) is 2.18. The first-order valence-corrected chi connectivity index (χ1v) is 5.35. The van der Waals surface area contributed by atoms with E-state index in [-0.39, 0.29) is 18.8 Å². The topological polar surface area (TPSA) is 26.0 Å². The van der Waals surface area contributed by atoms with Crippen LogP contribution in [0.25, 0.3) is 0 Å². The summed E-state index contributed by atoms with van der Waals surface area (Å²) >= 11 is 0. The van der Waals surface area contributed by atoms with Crippen LogP contribution in [0.3, 0.4) is 0 Å². The third kappa shape index (κ3) is 3.06. The van der Waals surface area contributed by atoms with E-state index in [1.165, 1.54) is 0 Å². The molecule has 2 N–H and O–H groups in total. The molecule has 15 heavy (non-hydrogen) atoms. The lowest BCUT2D eigenvalue weighted by Gasteiger charge is -2.23. The molecule has 1 saturated carbocycles. The van der Waals surface area contributed by atoms with Gasteiger partial charge in [-0.25, -0.2) is 4.39 Å². The number of hydrogen-bond acceptors (Lipinski definition) is 1. The minimum Gasteiger partial charge on any atom is -0.330 e. The Morgan fingerprint density at radius 1 is 1.27 bits per heavy atom. The lowest BCUT2D eigenvalue weighted by Crippen LogP contribution is -2.38. The second kappa shape index (κ2) is 4.68. The van der Waals surface area contributed by atoms with Crippen LogP contribution >= 0.6 is 0 Å². The second-order valence-corrected chi connectivity index (χ2v) is 4.36. The molecular weight excluding hydrogens is 210 g/mol. The Morgan fingerprint density at radius 3 is 2.40 bits per heavy atom. The fraction of sp³-hybridized carbons (Fsp3) is 1.00. The third-order valence-electron chi connectivity index (χ3n) is 3.14. The van der Waals surface area contributed by atoms with Crippen molar-refractivity contribution in [2.45, 2.75) is 50.4 Å². The van der Waals surface area contributed by atoms with Crippen molar-refractivity contribution in [2.24, 2.45) is 11.7 Å². The molecule has 0 aliphatic heterocycles. The summed E-state index contributed by atoms with van der Waals surface area (Å²) in [5.41, 5.74) is 2.35. The van der Waals surface area contributed by atoms with Gasteiger partial charge >= 0.3 is 6.18 Å². The molecule has 1 aliphatic carbocycles. The zero-order chi connectivity index (χ0) is 11.5. The van der Waals surface area contributed by atoms with Crippen LogP contribution in [0.5, 0.6) is 0 Å². The SMILES string of the molecule is NCCCCC1CCC(F)(C(F)(F)F)C1. The summed E-state index contributed by atoms with van der Waals surface area (Å²) in [7, 11) is 0. The summed E-state index contributed by atoms with van der Waals surface area (Å²) in [6.45, 7) is 0.548.